The molecule has 128 valence electrons. The van der Waals surface area contributed by atoms with Gasteiger partial charge in [0.05, 0.1) is 18.5 Å². The third kappa shape index (κ3) is 4.83. The lowest BCUT2D eigenvalue weighted by Gasteiger charge is -2.20. The van der Waals surface area contributed by atoms with Gasteiger partial charge in [-0.05, 0) is 43.3 Å². The number of nitrogens with two attached hydrogens (primary N) is 1. The van der Waals surface area contributed by atoms with Crippen LogP contribution in [0, 0.1) is 13.8 Å². The summed E-state index contributed by atoms with van der Waals surface area (Å²) in [6.45, 7) is 6.02. The van der Waals surface area contributed by atoms with Crippen LogP contribution in [0.5, 0.6) is 0 Å². The predicted molar refractivity (Wildman–Crippen MR) is 96.9 cm³/mol. The first-order valence-corrected chi connectivity index (χ1v) is 8.70. The zero-order valence-electron chi connectivity index (χ0n) is 14.1. The molecule has 2 aromatic rings. The number of amides is 3. The molecule has 0 saturated heterocycles. The normalized spacial score (nSPS) is 13.1. The molecule has 0 bridgehead atoms. The Kier molecular flexibility index (Phi) is 5.98. The van der Waals surface area contributed by atoms with Crippen LogP contribution in [0.15, 0.2) is 35.7 Å². The highest BCUT2D eigenvalue weighted by molar-refractivity contribution is 7.10. The number of aryl methyl sites for hydroxylation is 2. The molecule has 0 radical (unpaired) electrons. The van der Waals surface area contributed by atoms with E-state index in [0.717, 1.165) is 21.6 Å². The van der Waals surface area contributed by atoms with Gasteiger partial charge in [-0.1, -0.05) is 29.8 Å². The molecule has 0 spiro atoms. The van der Waals surface area contributed by atoms with Gasteiger partial charge in [0, 0.05) is 4.88 Å². The van der Waals surface area contributed by atoms with E-state index in [1.165, 1.54) is 11.3 Å². The Morgan fingerprint density at radius 2 is 1.96 bits per heavy atom. The fraction of sp³-hybridized carbons (Fsp3) is 0.333. The summed E-state index contributed by atoms with van der Waals surface area (Å²) in [7, 11) is 0. The van der Waals surface area contributed by atoms with E-state index >= 15 is 0 Å². The second-order valence-corrected chi connectivity index (χ2v) is 6.91. The van der Waals surface area contributed by atoms with Gasteiger partial charge in [0.1, 0.15) is 0 Å². The number of nitrogens with one attached hydrogen (secondary N) is 2. The highest BCUT2D eigenvalue weighted by Gasteiger charge is 2.20. The third-order valence-corrected chi connectivity index (χ3v) is 4.86. The monoisotopic (exact) mass is 345 g/mol. The Morgan fingerprint density at radius 1 is 1.21 bits per heavy atom. The molecular weight excluding hydrogens is 322 g/mol. The minimum atomic E-state index is -0.635. The van der Waals surface area contributed by atoms with Crippen molar-refractivity contribution >= 4 is 23.3 Å². The summed E-state index contributed by atoms with van der Waals surface area (Å²) in [6, 6.07) is 8.80. The lowest BCUT2D eigenvalue weighted by Crippen LogP contribution is -2.37. The van der Waals surface area contributed by atoms with Crippen LogP contribution < -0.4 is 16.4 Å². The minimum Gasteiger partial charge on any atom is -0.352 e. The Hall–Kier alpha value is -2.34. The van der Waals surface area contributed by atoms with Crippen LogP contribution in [0.3, 0.4) is 0 Å². The van der Waals surface area contributed by atoms with Crippen LogP contribution in [0.1, 0.15) is 47.0 Å². The van der Waals surface area contributed by atoms with Crippen molar-refractivity contribution in [2.75, 3.05) is 0 Å². The van der Waals surface area contributed by atoms with Gasteiger partial charge >= 0.3 is 6.03 Å². The molecule has 0 unspecified atom stereocenters. The standard InChI is InChI=1S/C18H23N3O2S/c1-11-6-7-12(2)14(9-11)13(3)20-17(22)10-15(21-18(19)23)16-5-4-8-24-16/h4-9,13,15H,10H2,1-3H3,(H,20,22)(H3,19,21,23)/t13-,15+/m1/s1. The average Bonchev–Trinajstić information content (AvgIpc) is 3.02. The molecule has 0 aliphatic carbocycles. The average molecular weight is 345 g/mol. The van der Waals surface area contributed by atoms with Gasteiger partial charge in [-0.3, -0.25) is 4.79 Å². The Labute approximate surface area is 146 Å². The number of carbonyl (C=O) groups is 2. The maximum Gasteiger partial charge on any atom is 0.312 e. The summed E-state index contributed by atoms with van der Waals surface area (Å²) in [4.78, 5) is 24.5. The van der Waals surface area contributed by atoms with E-state index in [1.807, 2.05) is 38.3 Å². The fourth-order valence-corrected chi connectivity index (χ4v) is 3.45. The summed E-state index contributed by atoms with van der Waals surface area (Å²) in [6.07, 6.45) is 0.151. The van der Waals surface area contributed by atoms with Crippen molar-refractivity contribution in [3.8, 4) is 0 Å². The molecule has 1 heterocycles. The van der Waals surface area contributed by atoms with Crippen molar-refractivity contribution in [3.63, 3.8) is 0 Å². The Balaban J connectivity index is 2.05. The van der Waals surface area contributed by atoms with Gasteiger partial charge in [-0.15, -0.1) is 11.3 Å². The van der Waals surface area contributed by atoms with Crippen LogP contribution in [0.25, 0.3) is 0 Å². The maximum absolute atomic E-state index is 12.4. The molecule has 0 saturated carbocycles. The van der Waals surface area contributed by atoms with Crippen molar-refractivity contribution in [1.29, 1.82) is 0 Å². The van der Waals surface area contributed by atoms with Gasteiger partial charge < -0.3 is 16.4 Å². The summed E-state index contributed by atoms with van der Waals surface area (Å²) >= 11 is 1.48. The molecule has 2 rings (SSSR count). The van der Waals surface area contributed by atoms with E-state index in [0.29, 0.717) is 0 Å². The van der Waals surface area contributed by atoms with E-state index in [-0.39, 0.29) is 18.4 Å². The molecule has 1 aromatic heterocycles. The SMILES string of the molecule is Cc1ccc(C)c([C@@H](C)NC(=O)C[C@H](NC(N)=O)c2cccs2)c1. The topological polar surface area (TPSA) is 84.2 Å². The van der Waals surface area contributed by atoms with Gasteiger partial charge in [0.25, 0.3) is 0 Å². The highest BCUT2D eigenvalue weighted by Crippen LogP contribution is 2.23. The Morgan fingerprint density at radius 3 is 2.58 bits per heavy atom. The van der Waals surface area contributed by atoms with Crippen molar-refractivity contribution < 1.29 is 9.59 Å². The van der Waals surface area contributed by atoms with E-state index in [2.05, 4.69) is 28.8 Å². The van der Waals surface area contributed by atoms with Crippen molar-refractivity contribution in [3.05, 3.63) is 57.3 Å². The van der Waals surface area contributed by atoms with Gasteiger partial charge in [0.15, 0.2) is 0 Å². The molecule has 5 nitrogen and oxygen atoms in total. The fourth-order valence-electron chi connectivity index (χ4n) is 2.67. The quantitative estimate of drug-likeness (QED) is 0.750. The van der Waals surface area contributed by atoms with Gasteiger partial charge in [-0.25, -0.2) is 4.79 Å². The first kappa shape index (κ1) is 18.0. The first-order chi connectivity index (χ1) is 11.4. The number of urea groups is 1. The van der Waals surface area contributed by atoms with Crippen molar-refractivity contribution in [2.45, 2.75) is 39.3 Å². The van der Waals surface area contributed by atoms with Crippen molar-refractivity contribution in [2.24, 2.45) is 5.73 Å². The molecule has 2 atom stereocenters. The van der Waals surface area contributed by atoms with E-state index in [9.17, 15) is 9.59 Å². The second kappa shape index (κ2) is 7.97. The zero-order chi connectivity index (χ0) is 17.7. The number of benzene rings is 1. The van der Waals surface area contributed by atoms with Crippen LogP contribution in [-0.2, 0) is 4.79 Å². The first-order valence-electron chi connectivity index (χ1n) is 7.82. The number of rotatable bonds is 6. The largest absolute Gasteiger partial charge is 0.352 e. The molecule has 0 fully saturated rings. The summed E-state index contributed by atoms with van der Waals surface area (Å²) in [5.41, 5.74) is 8.62. The third-order valence-electron chi connectivity index (χ3n) is 3.87. The molecule has 0 aliphatic rings. The van der Waals surface area contributed by atoms with Gasteiger partial charge in [-0.2, -0.15) is 0 Å². The second-order valence-electron chi connectivity index (χ2n) is 5.93. The van der Waals surface area contributed by atoms with E-state index in [1.54, 1.807) is 0 Å². The number of primary amides is 1. The number of hydrogen-bond acceptors (Lipinski definition) is 3. The lowest BCUT2D eigenvalue weighted by molar-refractivity contribution is -0.122. The molecule has 3 amide bonds. The highest BCUT2D eigenvalue weighted by atomic mass is 32.1. The number of thiophene rings is 1. The zero-order valence-corrected chi connectivity index (χ0v) is 14.9. The number of carbonyl (C=O) groups excluding carboxylic acids is 2. The molecule has 0 aliphatic heterocycles. The lowest BCUT2D eigenvalue weighted by atomic mass is 9.99. The molecule has 4 N–H and O–H groups in total. The molecule has 6 heteroatoms. The smallest absolute Gasteiger partial charge is 0.312 e. The van der Waals surface area contributed by atoms with Crippen LogP contribution in [0.2, 0.25) is 0 Å². The van der Waals surface area contributed by atoms with E-state index < -0.39 is 12.1 Å². The van der Waals surface area contributed by atoms with Gasteiger partial charge in [0.2, 0.25) is 5.91 Å². The summed E-state index contributed by atoms with van der Waals surface area (Å²) < 4.78 is 0. The molecule has 24 heavy (non-hydrogen) atoms. The summed E-state index contributed by atoms with van der Waals surface area (Å²) in [5.74, 6) is -0.129. The summed E-state index contributed by atoms with van der Waals surface area (Å²) in [5, 5.41) is 7.54. The van der Waals surface area contributed by atoms with Crippen molar-refractivity contribution in [1.82, 2.24) is 10.6 Å². The molecular formula is C18H23N3O2S. The maximum atomic E-state index is 12.4. The molecule has 1 aromatic carbocycles. The van der Waals surface area contributed by atoms with Crippen LogP contribution >= 0.6 is 11.3 Å². The Bertz CT molecular complexity index is 713. The van der Waals surface area contributed by atoms with Crippen LogP contribution in [0.4, 0.5) is 4.79 Å². The minimum absolute atomic E-state index is 0.102. The predicted octanol–water partition coefficient (Wildman–Crippen LogP) is 3.34. The number of hydrogen-bond donors (Lipinski definition) is 3. The van der Waals surface area contributed by atoms with Crippen LogP contribution in [-0.4, -0.2) is 11.9 Å². The van der Waals surface area contributed by atoms with E-state index in [4.69, 9.17) is 5.73 Å².